The lowest BCUT2D eigenvalue weighted by Crippen LogP contribution is -2.37. The summed E-state index contributed by atoms with van der Waals surface area (Å²) in [6.07, 6.45) is 1.42. The van der Waals surface area contributed by atoms with Gasteiger partial charge in [0, 0.05) is 4.47 Å². The quantitative estimate of drug-likeness (QED) is 0.821. The summed E-state index contributed by atoms with van der Waals surface area (Å²) in [6, 6.07) is 3.40. The Bertz CT molecular complexity index is 460. The summed E-state index contributed by atoms with van der Waals surface area (Å²) in [7, 11) is 0. The summed E-state index contributed by atoms with van der Waals surface area (Å²) < 4.78 is 0.686. The molecule has 0 aliphatic heterocycles. The molecule has 16 heavy (non-hydrogen) atoms. The van der Waals surface area contributed by atoms with Gasteiger partial charge in [-0.05, 0) is 40.9 Å². The molecule has 1 aliphatic rings. The molecule has 0 saturated heterocycles. The second-order valence-corrected chi connectivity index (χ2v) is 5.44. The van der Waals surface area contributed by atoms with E-state index >= 15 is 0 Å². The van der Waals surface area contributed by atoms with Crippen LogP contribution in [0.3, 0.4) is 0 Å². The maximum absolute atomic E-state index is 11.7. The molecule has 2 rings (SSSR count). The standard InChI is InChI=1S/C10H9BrCl2N2O/c11-5-1-2-6(8(13)7(5)12)15-9(16)10(14)3-4-10/h1-2H,3-4,14H2,(H,15,16). The Balaban J connectivity index is 2.22. The van der Waals surface area contributed by atoms with Crippen LogP contribution in [-0.2, 0) is 4.79 Å². The Morgan fingerprint density at radius 1 is 1.38 bits per heavy atom. The second kappa shape index (κ2) is 4.18. The molecule has 1 saturated carbocycles. The minimum atomic E-state index is -0.719. The number of nitrogens with two attached hydrogens (primary N) is 1. The van der Waals surface area contributed by atoms with Gasteiger partial charge in [0.25, 0.3) is 0 Å². The summed E-state index contributed by atoms with van der Waals surface area (Å²) in [5.41, 5.74) is 5.52. The third-order valence-corrected chi connectivity index (χ3v) is 4.30. The van der Waals surface area contributed by atoms with Crippen molar-refractivity contribution in [2.24, 2.45) is 5.73 Å². The van der Waals surface area contributed by atoms with Gasteiger partial charge in [-0.15, -0.1) is 0 Å². The largest absolute Gasteiger partial charge is 0.323 e. The number of carbonyl (C=O) groups excluding carboxylic acids is 1. The van der Waals surface area contributed by atoms with Crippen LogP contribution in [0.25, 0.3) is 0 Å². The molecule has 1 aliphatic carbocycles. The number of hydrogen-bond donors (Lipinski definition) is 2. The zero-order chi connectivity index (χ0) is 11.9. The number of hydrogen-bond acceptors (Lipinski definition) is 2. The third kappa shape index (κ3) is 2.20. The van der Waals surface area contributed by atoms with Gasteiger partial charge in [-0.25, -0.2) is 0 Å². The first kappa shape index (κ1) is 12.2. The first-order valence-corrected chi connectivity index (χ1v) is 6.23. The molecule has 1 aromatic carbocycles. The summed E-state index contributed by atoms with van der Waals surface area (Å²) in [6.45, 7) is 0. The van der Waals surface area contributed by atoms with Gasteiger partial charge in [-0.3, -0.25) is 4.79 Å². The molecule has 0 radical (unpaired) electrons. The van der Waals surface area contributed by atoms with Gasteiger partial charge in [0.05, 0.1) is 21.3 Å². The average Bonchev–Trinajstić information content (AvgIpc) is 2.99. The Morgan fingerprint density at radius 3 is 2.56 bits per heavy atom. The summed E-state index contributed by atoms with van der Waals surface area (Å²) in [4.78, 5) is 11.7. The number of rotatable bonds is 2. The Hall–Kier alpha value is -0.290. The predicted molar refractivity (Wildman–Crippen MR) is 68.9 cm³/mol. The Labute approximate surface area is 111 Å². The van der Waals surface area contributed by atoms with Crippen molar-refractivity contribution in [2.75, 3.05) is 5.32 Å². The van der Waals surface area contributed by atoms with Crippen molar-refractivity contribution in [1.29, 1.82) is 0 Å². The van der Waals surface area contributed by atoms with E-state index in [-0.39, 0.29) is 5.91 Å². The van der Waals surface area contributed by atoms with Gasteiger partial charge in [-0.1, -0.05) is 23.2 Å². The molecule has 0 spiro atoms. The zero-order valence-corrected chi connectivity index (χ0v) is 11.3. The average molecular weight is 324 g/mol. The van der Waals surface area contributed by atoms with E-state index in [0.717, 1.165) is 0 Å². The molecule has 0 bridgehead atoms. The highest BCUT2D eigenvalue weighted by Crippen LogP contribution is 2.38. The highest BCUT2D eigenvalue weighted by Gasteiger charge is 2.46. The van der Waals surface area contributed by atoms with Crippen LogP contribution in [0.2, 0.25) is 10.0 Å². The van der Waals surface area contributed by atoms with E-state index < -0.39 is 5.54 Å². The topological polar surface area (TPSA) is 55.1 Å². The fraction of sp³-hybridized carbons (Fsp3) is 0.300. The molecule has 3 nitrogen and oxygen atoms in total. The fourth-order valence-corrected chi connectivity index (χ4v) is 2.05. The number of benzene rings is 1. The van der Waals surface area contributed by atoms with Crippen molar-refractivity contribution < 1.29 is 4.79 Å². The molecule has 1 fully saturated rings. The maximum Gasteiger partial charge on any atom is 0.244 e. The monoisotopic (exact) mass is 322 g/mol. The van der Waals surface area contributed by atoms with E-state index in [1.54, 1.807) is 12.1 Å². The second-order valence-electron chi connectivity index (χ2n) is 3.83. The van der Waals surface area contributed by atoms with Gasteiger partial charge in [0.2, 0.25) is 5.91 Å². The number of amides is 1. The Kier molecular flexibility index (Phi) is 3.18. The highest BCUT2D eigenvalue weighted by molar-refractivity contribution is 9.10. The van der Waals surface area contributed by atoms with Gasteiger partial charge in [0.15, 0.2) is 0 Å². The molecule has 0 aromatic heterocycles. The van der Waals surface area contributed by atoms with Crippen LogP contribution in [0.4, 0.5) is 5.69 Å². The van der Waals surface area contributed by atoms with E-state index in [2.05, 4.69) is 21.2 Å². The minimum absolute atomic E-state index is 0.215. The van der Waals surface area contributed by atoms with E-state index in [9.17, 15) is 4.79 Å². The van der Waals surface area contributed by atoms with Crippen LogP contribution in [-0.4, -0.2) is 11.4 Å². The summed E-state index contributed by atoms with van der Waals surface area (Å²) in [5, 5.41) is 3.37. The lowest BCUT2D eigenvalue weighted by molar-refractivity contribution is -0.118. The normalized spacial score (nSPS) is 17.0. The first-order valence-electron chi connectivity index (χ1n) is 4.68. The van der Waals surface area contributed by atoms with Gasteiger partial charge >= 0.3 is 0 Å². The minimum Gasteiger partial charge on any atom is -0.323 e. The molecule has 1 amide bonds. The van der Waals surface area contributed by atoms with Crippen molar-refractivity contribution >= 4 is 50.7 Å². The van der Waals surface area contributed by atoms with Crippen LogP contribution in [0.15, 0.2) is 16.6 Å². The first-order chi connectivity index (χ1) is 7.44. The van der Waals surface area contributed by atoms with Crippen molar-refractivity contribution in [2.45, 2.75) is 18.4 Å². The number of nitrogens with one attached hydrogen (secondary N) is 1. The van der Waals surface area contributed by atoms with Crippen molar-refractivity contribution in [3.8, 4) is 0 Å². The molecule has 0 atom stereocenters. The molecule has 1 aromatic rings. The fourth-order valence-electron chi connectivity index (χ4n) is 1.23. The lowest BCUT2D eigenvalue weighted by Gasteiger charge is -2.12. The van der Waals surface area contributed by atoms with Crippen molar-refractivity contribution in [1.82, 2.24) is 0 Å². The Morgan fingerprint density at radius 2 is 2.00 bits per heavy atom. The zero-order valence-electron chi connectivity index (χ0n) is 8.19. The molecule has 0 unspecified atom stereocenters. The maximum atomic E-state index is 11.7. The number of anilines is 1. The van der Waals surface area contributed by atoms with E-state index in [4.69, 9.17) is 28.9 Å². The highest BCUT2D eigenvalue weighted by atomic mass is 79.9. The molecule has 6 heteroatoms. The summed E-state index contributed by atoms with van der Waals surface area (Å²) >= 11 is 15.2. The summed E-state index contributed by atoms with van der Waals surface area (Å²) in [5.74, 6) is -0.215. The van der Waals surface area contributed by atoms with Gasteiger partial charge < -0.3 is 11.1 Å². The SMILES string of the molecule is NC1(C(=O)Nc2ccc(Br)c(Cl)c2Cl)CC1. The van der Waals surface area contributed by atoms with Crippen molar-refractivity contribution in [3.63, 3.8) is 0 Å². The van der Waals surface area contributed by atoms with Crippen LogP contribution in [0.5, 0.6) is 0 Å². The smallest absolute Gasteiger partial charge is 0.244 e. The third-order valence-electron chi connectivity index (χ3n) is 2.52. The van der Waals surface area contributed by atoms with Crippen LogP contribution in [0.1, 0.15) is 12.8 Å². The van der Waals surface area contributed by atoms with Crippen LogP contribution >= 0.6 is 39.1 Å². The lowest BCUT2D eigenvalue weighted by atomic mass is 10.2. The molecular formula is C10H9BrCl2N2O. The van der Waals surface area contributed by atoms with Gasteiger partial charge in [0.1, 0.15) is 0 Å². The van der Waals surface area contributed by atoms with E-state index in [1.807, 2.05) is 0 Å². The van der Waals surface area contributed by atoms with E-state index in [1.165, 1.54) is 0 Å². The molecule has 3 N–H and O–H groups in total. The van der Waals surface area contributed by atoms with Crippen LogP contribution < -0.4 is 11.1 Å². The molecule has 86 valence electrons. The number of carbonyl (C=O) groups is 1. The van der Waals surface area contributed by atoms with Crippen molar-refractivity contribution in [3.05, 3.63) is 26.7 Å². The number of halogens is 3. The molecule has 0 heterocycles. The molecular weight excluding hydrogens is 315 g/mol. The predicted octanol–water partition coefficient (Wildman–Crippen LogP) is 3.19. The van der Waals surface area contributed by atoms with E-state index in [0.29, 0.717) is 33.0 Å². The van der Waals surface area contributed by atoms with Crippen LogP contribution in [0, 0.1) is 0 Å². The van der Waals surface area contributed by atoms with Gasteiger partial charge in [-0.2, -0.15) is 0 Å².